The number of hydrogen-bond donors (Lipinski definition) is 0. The van der Waals surface area contributed by atoms with E-state index in [1.54, 1.807) is 0 Å². The van der Waals surface area contributed by atoms with Gasteiger partial charge in [-0.25, -0.2) is 14.4 Å². The number of nitrogens with zero attached hydrogens (tertiary/aromatic N) is 3. The Bertz CT molecular complexity index is 1470. The van der Waals surface area contributed by atoms with E-state index in [9.17, 15) is 0 Å². The van der Waals surface area contributed by atoms with Crippen LogP contribution >= 0.6 is 0 Å². The minimum absolute atomic E-state index is 0.249. The Morgan fingerprint density at radius 3 is 0.586 bits per heavy atom. The van der Waals surface area contributed by atoms with Gasteiger partial charge in [0.1, 0.15) is 0 Å². The van der Waals surface area contributed by atoms with Crippen LogP contribution in [0.1, 0.15) is 388 Å². The molecule has 0 aromatic carbocycles. The smallest absolute Gasteiger partial charge is 0.260 e. The second kappa shape index (κ2) is 53.3. The van der Waals surface area contributed by atoms with E-state index in [-0.39, 0.29) is 5.92 Å². The van der Waals surface area contributed by atoms with Gasteiger partial charge in [-0.05, 0) is 135 Å². The monoisotopic (exact) mass is 1230 g/mol. The van der Waals surface area contributed by atoms with Gasteiger partial charge in [0.2, 0.25) is 0 Å². The predicted octanol–water partition coefficient (Wildman–Crippen LogP) is 24.5. The fourth-order valence-electron chi connectivity index (χ4n) is 16.3. The number of amides is 3. The molecule has 0 aromatic rings. The van der Waals surface area contributed by atoms with Crippen molar-refractivity contribution in [3.05, 3.63) is 0 Å². The standard InChI is InChI=1S/C81H164N3O3/c1-19-37-47-69(28-10)60-82(61-70(29-11)48-38-20-2,62-71(30-12)49-39-21-3)79(85)57-46-56-78(81(87)84(66-75(34-16)53-43-25-7,67-76(35-17)54-44-26-8)68-77(36-18)55-45-27-9)58-59-80(86)83(63-72(31-13)50-40-22-4,64-73(32-14)51-41-23-5)65-74(33-15)52-42-24-6/h69-78H,19-68H2,1-18H3/q+3. The molecule has 0 spiro atoms. The highest BCUT2D eigenvalue weighted by molar-refractivity contribution is 5.75. The van der Waals surface area contributed by atoms with Gasteiger partial charge in [-0.2, -0.15) is 0 Å². The van der Waals surface area contributed by atoms with Crippen LogP contribution in [-0.4, -0.2) is 90.1 Å². The molecule has 0 aliphatic heterocycles. The molecule has 10 atom stereocenters. The van der Waals surface area contributed by atoms with Gasteiger partial charge in [-0.15, -0.1) is 0 Å². The fraction of sp³-hybridized carbons (Fsp3) is 0.963. The summed E-state index contributed by atoms with van der Waals surface area (Å²) in [6, 6.07) is 0. The van der Waals surface area contributed by atoms with Crippen LogP contribution in [-0.2, 0) is 14.4 Å². The minimum Gasteiger partial charge on any atom is -0.260 e. The average Bonchev–Trinajstić information content (AvgIpc) is 1.28. The number of quaternary nitrogens is 3. The lowest BCUT2D eigenvalue weighted by Crippen LogP contribution is -2.62. The zero-order valence-electron chi connectivity index (χ0n) is 63.2. The molecule has 0 aliphatic carbocycles. The molecule has 0 radical (unpaired) electrons. The molecule has 0 heterocycles. The van der Waals surface area contributed by atoms with Crippen molar-refractivity contribution in [3.63, 3.8) is 0 Å². The highest BCUT2D eigenvalue weighted by Gasteiger charge is 2.48. The Balaban J connectivity index is 8.96. The number of rotatable bonds is 62. The normalized spacial score (nSPS) is 17.7. The molecule has 0 saturated carbocycles. The van der Waals surface area contributed by atoms with Crippen molar-refractivity contribution in [1.29, 1.82) is 0 Å². The molecule has 87 heavy (non-hydrogen) atoms. The molecule has 0 aromatic heterocycles. The second-order valence-electron chi connectivity index (χ2n) is 30.1. The zero-order chi connectivity index (χ0) is 65.4. The van der Waals surface area contributed by atoms with Crippen LogP contribution in [0.15, 0.2) is 0 Å². The van der Waals surface area contributed by atoms with Crippen molar-refractivity contribution in [3.8, 4) is 0 Å². The summed E-state index contributed by atoms with van der Waals surface area (Å²) in [5, 5.41) is 0. The summed E-state index contributed by atoms with van der Waals surface area (Å²) in [6.07, 6.45) is 45.7. The first-order chi connectivity index (χ1) is 42.0. The van der Waals surface area contributed by atoms with Crippen molar-refractivity contribution in [2.75, 3.05) is 58.9 Å². The first-order valence-corrected chi connectivity index (χ1v) is 40.2. The molecule has 0 aliphatic rings. The fourth-order valence-corrected chi connectivity index (χ4v) is 16.3. The van der Waals surface area contributed by atoms with Gasteiger partial charge >= 0.3 is 17.7 Å². The quantitative estimate of drug-likeness (QED) is 0.0570. The summed E-state index contributed by atoms with van der Waals surface area (Å²) in [7, 11) is 0. The van der Waals surface area contributed by atoms with Crippen LogP contribution in [0.5, 0.6) is 0 Å². The van der Waals surface area contributed by atoms with Gasteiger partial charge in [-0.3, -0.25) is 13.4 Å². The second-order valence-corrected chi connectivity index (χ2v) is 30.1. The van der Waals surface area contributed by atoms with E-state index in [2.05, 4.69) is 125 Å². The molecule has 0 N–H and O–H groups in total. The highest BCUT2D eigenvalue weighted by atomic mass is 16.2. The SMILES string of the molecule is CCCCC(CC)C[N+](CC(CC)CCCC)(CC(CC)CCCC)C(=O)CCCC(CCC(=O)[N+](CC(CC)CCCC)(CC(CC)CCCC)CC(CC)CCCC)C(=O)[N+](CC(CC)CCCC)(CC(CC)CCCC)CC(CC)CCCC. The summed E-state index contributed by atoms with van der Waals surface area (Å²) in [6.45, 7) is 51.3. The zero-order valence-corrected chi connectivity index (χ0v) is 63.2. The molecule has 0 rings (SSSR count). The maximum atomic E-state index is 17.3. The first-order valence-electron chi connectivity index (χ1n) is 40.2. The first kappa shape index (κ1) is 85.9. The maximum Gasteiger partial charge on any atom is 0.316 e. The summed E-state index contributed by atoms with van der Waals surface area (Å²) < 4.78 is 1.86. The molecule has 0 fully saturated rings. The lowest BCUT2D eigenvalue weighted by Gasteiger charge is -2.45. The predicted molar refractivity (Wildman–Crippen MR) is 386 cm³/mol. The van der Waals surface area contributed by atoms with Crippen molar-refractivity contribution >= 4 is 17.7 Å². The van der Waals surface area contributed by atoms with E-state index < -0.39 is 0 Å². The Hall–Kier alpha value is -1.11. The third kappa shape index (κ3) is 34.0. The highest BCUT2D eigenvalue weighted by Crippen LogP contribution is 2.37. The van der Waals surface area contributed by atoms with Crippen LogP contribution < -0.4 is 0 Å². The van der Waals surface area contributed by atoms with Crippen LogP contribution in [0.4, 0.5) is 0 Å². The molecule has 10 unspecified atom stereocenters. The van der Waals surface area contributed by atoms with Crippen molar-refractivity contribution in [1.82, 2.24) is 0 Å². The van der Waals surface area contributed by atoms with E-state index in [1.807, 2.05) is 0 Å². The van der Waals surface area contributed by atoms with Gasteiger partial charge in [0.25, 0.3) is 0 Å². The van der Waals surface area contributed by atoms with Crippen LogP contribution in [0.25, 0.3) is 0 Å². The molecule has 0 saturated heterocycles. The minimum atomic E-state index is -0.249. The Labute approximate surface area is 548 Å². The number of carbonyl (C=O) groups is 3. The molecule has 0 bridgehead atoms. The van der Waals surface area contributed by atoms with E-state index in [1.165, 1.54) is 173 Å². The van der Waals surface area contributed by atoms with E-state index in [0.29, 0.717) is 104 Å². The third-order valence-electron chi connectivity index (χ3n) is 22.9. The summed E-state index contributed by atoms with van der Waals surface area (Å²) in [5.41, 5.74) is 0. The van der Waals surface area contributed by atoms with Gasteiger partial charge < -0.3 is 0 Å². The van der Waals surface area contributed by atoms with Gasteiger partial charge in [0.15, 0.2) is 0 Å². The van der Waals surface area contributed by atoms with Crippen molar-refractivity contribution in [2.45, 2.75) is 388 Å². The molecule has 518 valence electrons. The topological polar surface area (TPSA) is 51.2 Å². The van der Waals surface area contributed by atoms with Crippen LogP contribution in [0, 0.1) is 59.2 Å². The maximum absolute atomic E-state index is 17.3. The van der Waals surface area contributed by atoms with E-state index >= 15 is 14.4 Å². The lowest BCUT2D eigenvalue weighted by molar-refractivity contribution is -0.868. The Morgan fingerprint density at radius 1 is 0.218 bits per heavy atom. The van der Waals surface area contributed by atoms with Crippen LogP contribution in [0.3, 0.4) is 0 Å². The van der Waals surface area contributed by atoms with Crippen molar-refractivity contribution < 1.29 is 27.8 Å². The molecule has 6 nitrogen and oxygen atoms in total. The van der Waals surface area contributed by atoms with Gasteiger partial charge in [0, 0.05) is 53.3 Å². The van der Waals surface area contributed by atoms with Gasteiger partial charge in [0.05, 0.1) is 77.7 Å². The molecule has 3 amide bonds. The number of hydrogen-bond acceptors (Lipinski definition) is 3. The van der Waals surface area contributed by atoms with Gasteiger partial charge in [-0.1, -0.05) is 240 Å². The summed E-state index contributed by atoms with van der Waals surface area (Å²) in [4.78, 5) is 50.2. The Morgan fingerprint density at radius 2 is 0.402 bits per heavy atom. The Kier molecular flexibility index (Phi) is 52.6. The number of carbonyl (C=O) groups excluding carboxylic acids is 3. The molecular formula is C81H164N3O3+3. The largest absolute Gasteiger partial charge is 0.316 e. The van der Waals surface area contributed by atoms with Crippen LogP contribution in [0.2, 0.25) is 0 Å². The van der Waals surface area contributed by atoms with Crippen molar-refractivity contribution in [2.24, 2.45) is 59.2 Å². The molecule has 6 heteroatoms. The molecular weight excluding hydrogens is 1060 g/mol. The van der Waals surface area contributed by atoms with E-state index in [4.69, 9.17) is 0 Å². The van der Waals surface area contributed by atoms with E-state index in [0.717, 1.165) is 130 Å². The third-order valence-corrected chi connectivity index (χ3v) is 22.9. The average molecular weight is 1230 g/mol. The summed E-state index contributed by atoms with van der Waals surface area (Å²) >= 11 is 0. The lowest BCUT2D eigenvalue weighted by atomic mass is 9.86. The number of unbranched alkanes of at least 4 members (excludes halogenated alkanes) is 9. The summed E-state index contributed by atoms with van der Waals surface area (Å²) in [5.74, 6) is 5.76.